The van der Waals surface area contributed by atoms with Gasteiger partial charge in [-0.1, -0.05) is 11.6 Å². The summed E-state index contributed by atoms with van der Waals surface area (Å²) in [6.45, 7) is 3.40. The van der Waals surface area contributed by atoms with Crippen LogP contribution in [0.4, 0.5) is 10.8 Å². The number of urea groups is 1. The van der Waals surface area contributed by atoms with E-state index in [1.807, 2.05) is 11.0 Å². The lowest BCUT2D eigenvalue weighted by Gasteiger charge is -2.47. The Morgan fingerprint density at radius 2 is 2.25 bits per heavy atom. The molecule has 9 heteroatoms. The van der Waals surface area contributed by atoms with E-state index in [-0.39, 0.29) is 23.4 Å². The Labute approximate surface area is 167 Å². The molecule has 2 N–H and O–H groups in total. The molecule has 3 amide bonds. The molecule has 1 aromatic heterocycles. The fourth-order valence-electron chi connectivity index (χ4n) is 4.43. The maximum Gasteiger partial charge on any atom is 0.315 e. The topological polar surface area (TPSA) is 90.7 Å². The average Bonchev–Trinajstić information content (AvgIpc) is 3.24. The number of nitrogens with zero attached hydrogens (tertiary/aromatic N) is 3. The Morgan fingerprint density at radius 3 is 3.04 bits per heavy atom. The Kier molecular flexibility index (Phi) is 4.12. The van der Waals surface area contributed by atoms with Crippen LogP contribution in [0.2, 0.25) is 5.02 Å². The van der Waals surface area contributed by atoms with E-state index in [0.717, 1.165) is 31.4 Å². The highest BCUT2D eigenvalue weighted by Crippen LogP contribution is 2.30. The van der Waals surface area contributed by atoms with Crippen LogP contribution < -0.4 is 15.5 Å². The summed E-state index contributed by atoms with van der Waals surface area (Å²) in [6.07, 6.45) is 2.53. The van der Waals surface area contributed by atoms with E-state index in [1.165, 1.54) is 0 Å². The summed E-state index contributed by atoms with van der Waals surface area (Å²) in [4.78, 5) is 32.5. The van der Waals surface area contributed by atoms with Crippen LogP contribution in [-0.4, -0.2) is 60.1 Å². The van der Waals surface area contributed by atoms with Gasteiger partial charge >= 0.3 is 6.03 Å². The molecule has 1 aromatic carbocycles. The molecule has 2 aromatic rings. The van der Waals surface area contributed by atoms with Crippen molar-refractivity contribution in [3.8, 4) is 0 Å². The minimum Gasteiger partial charge on any atom is -0.423 e. The van der Waals surface area contributed by atoms with Gasteiger partial charge in [0.2, 0.25) is 5.91 Å². The van der Waals surface area contributed by atoms with E-state index in [2.05, 4.69) is 20.5 Å². The van der Waals surface area contributed by atoms with Gasteiger partial charge in [-0.2, -0.15) is 4.98 Å². The molecule has 0 bridgehead atoms. The monoisotopic (exact) mass is 403 g/mol. The minimum atomic E-state index is -0.259. The summed E-state index contributed by atoms with van der Waals surface area (Å²) in [5, 5.41) is 6.31. The van der Waals surface area contributed by atoms with Gasteiger partial charge in [-0.05, 0) is 30.9 Å². The standard InChI is InChI=1S/C19H22ClN5O3/c20-13-3-4-14-15(7-13)28-18(22-14)24-5-1-2-12(8-24)6-16(26)25-10-19(11-25)9-21-17(27)23-19/h3-4,7,12H,1-2,5-6,8-11H2,(H2,21,23,27). The van der Waals surface area contributed by atoms with E-state index >= 15 is 0 Å². The van der Waals surface area contributed by atoms with Crippen molar-refractivity contribution in [1.29, 1.82) is 0 Å². The minimum absolute atomic E-state index is 0.144. The van der Waals surface area contributed by atoms with E-state index in [1.54, 1.807) is 12.1 Å². The second kappa shape index (κ2) is 6.55. The van der Waals surface area contributed by atoms with Crippen molar-refractivity contribution in [3.05, 3.63) is 23.2 Å². The van der Waals surface area contributed by atoms with Gasteiger partial charge in [-0.25, -0.2) is 4.79 Å². The normalized spacial score (nSPS) is 23.6. The number of nitrogens with one attached hydrogen (secondary N) is 2. The average molecular weight is 404 g/mol. The van der Waals surface area contributed by atoms with Crippen LogP contribution in [0, 0.1) is 5.92 Å². The number of oxazole rings is 1. The van der Waals surface area contributed by atoms with Gasteiger partial charge in [0.1, 0.15) is 5.52 Å². The fraction of sp³-hybridized carbons (Fsp3) is 0.526. The molecule has 28 heavy (non-hydrogen) atoms. The lowest BCUT2D eigenvalue weighted by Crippen LogP contribution is -2.70. The third-order valence-electron chi connectivity index (χ3n) is 5.90. The quantitative estimate of drug-likeness (QED) is 0.817. The Morgan fingerprint density at radius 1 is 1.39 bits per heavy atom. The molecule has 3 aliphatic heterocycles. The van der Waals surface area contributed by atoms with Crippen LogP contribution in [0.15, 0.2) is 22.6 Å². The number of hydrogen-bond acceptors (Lipinski definition) is 5. The van der Waals surface area contributed by atoms with Crippen molar-refractivity contribution >= 4 is 40.7 Å². The van der Waals surface area contributed by atoms with E-state index in [9.17, 15) is 9.59 Å². The molecule has 148 valence electrons. The molecule has 3 fully saturated rings. The highest BCUT2D eigenvalue weighted by molar-refractivity contribution is 6.31. The Hall–Kier alpha value is -2.48. The van der Waals surface area contributed by atoms with E-state index in [4.69, 9.17) is 16.0 Å². The van der Waals surface area contributed by atoms with Crippen molar-refractivity contribution < 1.29 is 14.0 Å². The van der Waals surface area contributed by atoms with Crippen LogP contribution in [0.25, 0.3) is 11.1 Å². The summed E-state index contributed by atoms with van der Waals surface area (Å²) >= 11 is 6.03. The molecular weight excluding hydrogens is 382 g/mol. The zero-order chi connectivity index (χ0) is 19.3. The first kappa shape index (κ1) is 17.6. The van der Waals surface area contributed by atoms with Crippen molar-refractivity contribution in [1.82, 2.24) is 20.5 Å². The number of halogens is 1. The summed E-state index contributed by atoms with van der Waals surface area (Å²) < 4.78 is 5.88. The summed E-state index contributed by atoms with van der Waals surface area (Å²) in [5.74, 6) is 0.427. The van der Waals surface area contributed by atoms with Crippen LogP contribution in [0.3, 0.4) is 0 Å². The maximum absolute atomic E-state index is 12.7. The van der Waals surface area contributed by atoms with E-state index < -0.39 is 0 Å². The third-order valence-corrected chi connectivity index (χ3v) is 6.13. The van der Waals surface area contributed by atoms with Gasteiger partial charge in [0.15, 0.2) is 5.58 Å². The van der Waals surface area contributed by atoms with Crippen molar-refractivity contribution in [3.63, 3.8) is 0 Å². The largest absolute Gasteiger partial charge is 0.423 e. The predicted octanol–water partition coefficient (Wildman–Crippen LogP) is 1.98. The molecule has 3 saturated heterocycles. The van der Waals surface area contributed by atoms with Gasteiger partial charge in [0, 0.05) is 50.2 Å². The van der Waals surface area contributed by atoms with Crippen molar-refractivity contribution in [2.45, 2.75) is 24.8 Å². The molecule has 8 nitrogen and oxygen atoms in total. The SMILES string of the molecule is O=C1NCC2(CN(C(=O)CC3CCCN(c4nc5ccc(Cl)cc5o4)C3)C2)N1. The second-order valence-electron chi connectivity index (χ2n) is 8.10. The fourth-order valence-corrected chi connectivity index (χ4v) is 4.60. The second-order valence-corrected chi connectivity index (χ2v) is 8.54. The number of likely N-dealkylation sites (tertiary alicyclic amines) is 1. The molecule has 0 aliphatic carbocycles. The lowest BCUT2D eigenvalue weighted by molar-refractivity contribution is -0.139. The molecule has 1 spiro atoms. The number of amides is 3. The van der Waals surface area contributed by atoms with Crippen LogP contribution in [0.5, 0.6) is 0 Å². The van der Waals surface area contributed by atoms with Crippen LogP contribution >= 0.6 is 11.6 Å². The number of carbonyl (C=O) groups excluding carboxylic acids is 2. The first-order valence-corrected chi connectivity index (χ1v) is 10.0. The molecule has 1 unspecified atom stereocenters. The smallest absolute Gasteiger partial charge is 0.315 e. The number of anilines is 1. The van der Waals surface area contributed by atoms with Crippen molar-refractivity contribution in [2.75, 3.05) is 37.6 Å². The molecule has 0 radical (unpaired) electrons. The third kappa shape index (κ3) is 3.15. The van der Waals surface area contributed by atoms with Gasteiger partial charge in [-0.15, -0.1) is 0 Å². The van der Waals surface area contributed by atoms with Crippen molar-refractivity contribution in [2.24, 2.45) is 5.92 Å². The maximum atomic E-state index is 12.7. The Balaban J connectivity index is 1.20. The van der Waals surface area contributed by atoms with Crippen LogP contribution in [-0.2, 0) is 4.79 Å². The molecule has 1 atom stereocenters. The zero-order valence-corrected chi connectivity index (χ0v) is 16.2. The van der Waals surface area contributed by atoms with Crippen LogP contribution in [0.1, 0.15) is 19.3 Å². The number of hydrogen-bond donors (Lipinski definition) is 2. The lowest BCUT2D eigenvalue weighted by atomic mass is 9.88. The number of aromatic nitrogens is 1. The number of fused-ring (bicyclic) bond motifs is 1. The Bertz CT molecular complexity index is 939. The molecule has 5 rings (SSSR count). The predicted molar refractivity (Wildman–Crippen MR) is 104 cm³/mol. The van der Waals surface area contributed by atoms with Gasteiger partial charge in [0.05, 0.1) is 5.54 Å². The molecule has 4 heterocycles. The number of benzene rings is 1. The van der Waals surface area contributed by atoms with Gasteiger partial charge in [0.25, 0.3) is 6.01 Å². The summed E-state index contributed by atoms with van der Waals surface area (Å²) in [7, 11) is 0. The number of piperidine rings is 1. The summed E-state index contributed by atoms with van der Waals surface area (Å²) in [5.41, 5.74) is 1.21. The molecule has 3 aliphatic rings. The molecular formula is C19H22ClN5O3. The zero-order valence-electron chi connectivity index (χ0n) is 15.4. The number of carbonyl (C=O) groups is 2. The highest BCUT2D eigenvalue weighted by atomic mass is 35.5. The number of rotatable bonds is 3. The summed E-state index contributed by atoms with van der Waals surface area (Å²) in [6, 6.07) is 5.88. The van der Waals surface area contributed by atoms with Gasteiger partial charge in [-0.3, -0.25) is 4.79 Å². The first-order chi connectivity index (χ1) is 13.5. The highest BCUT2D eigenvalue weighted by Gasteiger charge is 2.49. The van der Waals surface area contributed by atoms with Gasteiger partial charge < -0.3 is 24.9 Å². The molecule has 0 saturated carbocycles. The first-order valence-electron chi connectivity index (χ1n) is 9.65. The van der Waals surface area contributed by atoms with E-state index in [0.29, 0.717) is 42.7 Å².